The summed E-state index contributed by atoms with van der Waals surface area (Å²) in [7, 11) is 1.85. The number of fused-ring (bicyclic) bond motifs is 1. The number of carbonyl (C=O) groups is 1. The van der Waals surface area contributed by atoms with Crippen LogP contribution in [0.2, 0.25) is 0 Å². The van der Waals surface area contributed by atoms with Crippen LogP contribution in [0.4, 0.5) is 5.69 Å². The van der Waals surface area contributed by atoms with Gasteiger partial charge in [-0.25, -0.2) is 4.98 Å². The van der Waals surface area contributed by atoms with Crippen LogP contribution in [0, 0.1) is 6.92 Å². The van der Waals surface area contributed by atoms with Crippen molar-refractivity contribution in [3.63, 3.8) is 0 Å². The Morgan fingerprint density at radius 1 is 1.58 bits per heavy atom. The van der Waals surface area contributed by atoms with E-state index in [1.165, 1.54) is 0 Å². The largest absolute Gasteiger partial charge is 0.324 e. The van der Waals surface area contributed by atoms with Crippen LogP contribution in [0.25, 0.3) is 11.0 Å². The lowest BCUT2D eigenvalue weighted by Gasteiger charge is -2.05. The monoisotopic (exact) mass is 259 g/mol. The van der Waals surface area contributed by atoms with E-state index in [0.717, 1.165) is 16.7 Å². The maximum Gasteiger partial charge on any atom is 0.238 e. The third-order valence-corrected chi connectivity index (χ3v) is 2.72. The second kappa shape index (κ2) is 5.62. The van der Waals surface area contributed by atoms with Crippen LogP contribution in [0.1, 0.15) is 5.69 Å². The zero-order chi connectivity index (χ0) is 13.8. The summed E-state index contributed by atoms with van der Waals surface area (Å²) < 4.78 is 1.72. The Labute approximate surface area is 111 Å². The summed E-state index contributed by atoms with van der Waals surface area (Å²) in [6.07, 6.45) is 3.34. The van der Waals surface area contributed by atoms with E-state index in [4.69, 9.17) is 0 Å². The maximum absolute atomic E-state index is 11.7. The van der Waals surface area contributed by atoms with Gasteiger partial charge in [-0.05, 0) is 13.0 Å². The van der Waals surface area contributed by atoms with Gasteiger partial charge in [0.25, 0.3) is 0 Å². The second-order valence-corrected chi connectivity index (χ2v) is 4.27. The number of pyridine rings is 1. The van der Waals surface area contributed by atoms with E-state index in [9.17, 15) is 4.79 Å². The van der Waals surface area contributed by atoms with E-state index in [2.05, 4.69) is 27.3 Å². The third-order valence-electron chi connectivity index (χ3n) is 2.72. The molecule has 0 unspecified atom stereocenters. The maximum atomic E-state index is 11.7. The molecule has 0 aliphatic rings. The van der Waals surface area contributed by atoms with Gasteiger partial charge in [0.05, 0.1) is 24.1 Å². The van der Waals surface area contributed by atoms with Crippen LogP contribution >= 0.6 is 0 Å². The summed E-state index contributed by atoms with van der Waals surface area (Å²) in [6, 6.07) is 1.88. The topological polar surface area (TPSA) is 71.8 Å². The van der Waals surface area contributed by atoms with Crippen molar-refractivity contribution in [3.05, 3.63) is 30.6 Å². The molecule has 1 amide bonds. The quantitative estimate of drug-likeness (QED) is 0.620. The molecule has 0 saturated carbocycles. The molecule has 19 heavy (non-hydrogen) atoms. The molecule has 2 aromatic heterocycles. The van der Waals surface area contributed by atoms with Crippen LogP contribution in [0.3, 0.4) is 0 Å². The van der Waals surface area contributed by atoms with Crippen molar-refractivity contribution in [1.82, 2.24) is 20.1 Å². The Hall–Kier alpha value is -2.21. The van der Waals surface area contributed by atoms with Gasteiger partial charge >= 0.3 is 0 Å². The van der Waals surface area contributed by atoms with Gasteiger partial charge in [0, 0.05) is 19.0 Å². The Morgan fingerprint density at radius 3 is 3.11 bits per heavy atom. The number of anilines is 1. The van der Waals surface area contributed by atoms with Crippen molar-refractivity contribution >= 4 is 22.6 Å². The van der Waals surface area contributed by atoms with Crippen molar-refractivity contribution in [2.75, 3.05) is 18.4 Å². The summed E-state index contributed by atoms with van der Waals surface area (Å²) in [6.45, 7) is 6.34. The first-order chi connectivity index (χ1) is 9.11. The summed E-state index contributed by atoms with van der Waals surface area (Å²) in [5.74, 6) is -0.107. The molecule has 0 aromatic carbocycles. The van der Waals surface area contributed by atoms with Gasteiger partial charge in [-0.1, -0.05) is 6.08 Å². The van der Waals surface area contributed by atoms with Crippen molar-refractivity contribution in [1.29, 1.82) is 0 Å². The minimum absolute atomic E-state index is 0.107. The lowest BCUT2D eigenvalue weighted by molar-refractivity contribution is -0.115. The zero-order valence-electron chi connectivity index (χ0n) is 11.1. The molecule has 0 fully saturated rings. The fourth-order valence-corrected chi connectivity index (χ4v) is 1.87. The van der Waals surface area contributed by atoms with Crippen molar-refractivity contribution in [2.45, 2.75) is 6.92 Å². The van der Waals surface area contributed by atoms with E-state index < -0.39 is 0 Å². The molecule has 6 heteroatoms. The number of rotatable bonds is 5. The number of nitrogens with one attached hydrogen (secondary N) is 2. The number of carbonyl (C=O) groups excluding carboxylic acids is 1. The van der Waals surface area contributed by atoms with Gasteiger partial charge in [0.2, 0.25) is 5.91 Å². The number of nitrogens with zero attached hydrogens (tertiary/aromatic N) is 3. The number of hydrogen-bond donors (Lipinski definition) is 2. The van der Waals surface area contributed by atoms with E-state index in [-0.39, 0.29) is 12.5 Å². The number of aromatic nitrogens is 3. The molecule has 2 heterocycles. The van der Waals surface area contributed by atoms with E-state index in [1.54, 1.807) is 17.0 Å². The molecule has 6 nitrogen and oxygen atoms in total. The molecule has 0 bridgehead atoms. The predicted octanol–water partition coefficient (Wildman–Crippen LogP) is 0.991. The fourth-order valence-electron chi connectivity index (χ4n) is 1.87. The average molecular weight is 259 g/mol. The van der Waals surface area contributed by atoms with Crippen molar-refractivity contribution in [2.24, 2.45) is 7.05 Å². The second-order valence-electron chi connectivity index (χ2n) is 4.27. The Bertz CT molecular complexity index is 617. The number of aryl methyl sites for hydroxylation is 2. The predicted molar refractivity (Wildman–Crippen MR) is 74.9 cm³/mol. The standard InChI is InChI=1S/C13H17N5O/c1-4-5-14-8-12(19)16-10-6-11-9(2)17-18(3)13(11)15-7-10/h4,6-7,14H,1,5,8H2,2-3H3,(H,16,19). The number of amides is 1. The molecule has 0 spiro atoms. The SMILES string of the molecule is C=CCNCC(=O)Nc1cnc2c(c1)c(C)nn2C. The van der Waals surface area contributed by atoms with Gasteiger partial charge in [0.1, 0.15) is 0 Å². The van der Waals surface area contributed by atoms with E-state index in [0.29, 0.717) is 12.2 Å². The molecule has 100 valence electrons. The highest BCUT2D eigenvalue weighted by atomic mass is 16.1. The normalized spacial score (nSPS) is 10.6. The minimum atomic E-state index is -0.107. The first-order valence-electron chi connectivity index (χ1n) is 6.02. The van der Waals surface area contributed by atoms with Gasteiger partial charge in [-0.15, -0.1) is 6.58 Å². The lowest BCUT2D eigenvalue weighted by Crippen LogP contribution is -2.28. The molecule has 0 aliphatic heterocycles. The molecule has 2 rings (SSSR count). The van der Waals surface area contributed by atoms with Gasteiger partial charge in [-0.3, -0.25) is 9.48 Å². The Morgan fingerprint density at radius 2 is 2.37 bits per heavy atom. The van der Waals surface area contributed by atoms with Crippen LogP contribution in [-0.2, 0) is 11.8 Å². The van der Waals surface area contributed by atoms with Crippen LogP contribution in [-0.4, -0.2) is 33.8 Å². The summed E-state index contributed by atoms with van der Waals surface area (Å²) in [4.78, 5) is 16.0. The van der Waals surface area contributed by atoms with Crippen molar-refractivity contribution < 1.29 is 4.79 Å². The first-order valence-corrected chi connectivity index (χ1v) is 6.02. The highest BCUT2D eigenvalue weighted by molar-refractivity contribution is 5.94. The Kier molecular flexibility index (Phi) is 3.91. The summed E-state index contributed by atoms with van der Waals surface area (Å²) >= 11 is 0. The Balaban J connectivity index is 2.11. The summed E-state index contributed by atoms with van der Waals surface area (Å²) in [5, 5.41) is 11.0. The lowest BCUT2D eigenvalue weighted by atomic mass is 10.2. The highest BCUT2D eigenvalue weighted by Crippen LogP contribution is 2.18. The van der Waals surface area contributed by atoms with Crippen LogP contribution < -0.4 is 10.6 Å². The van der Waals surface area contributed by atoms with Crippen LogP contribution in [0.15, 0.2) is 24.9 Å². The molecule has 0 atom stereocenters. The third kappa shape index (κ3) is 2.97. The highest BCUT2D eigenvalue weighted by Gasteiger charge is 2.08. The number of hydrogen-bond acceptors (Lipinski definition) is 4. The molecular weight excluding hydrogens is 242 g/mol. The van der Waals surface area contributed by atoms with Gasteiger partial charge < -0.3 is 10.6 Å². The average Bonchev–Trinajstić information content (AvgIpc) is 2.65. The van der Waals surface area contributed by atoms with Crippen molar-refractivity contribution in [3.8, 4) is 0 Å². The molecule has 0 aliphatic carbocycles. The molecular formula is C13H17N5O. The first kappa shape index (κ1) is 13.2. The van der Waals surface area contributed by atoms with E-state index >= 15 is 0 Å². The van der Waals surface area contributed by atoms with Crippen LogP contribution in [0.5, 0.6) is 0 Å². The van der Waals surface area contributed by atoms with Gasteiger partial charge in [0.15, 0.2) is 5.65 Å². The van der Waals surface area contributed by atoms with Gasteiger partial charge in [-0.2, -0.15) is 5.10 Å². The minimum Gasteiger partial charge on any atom is -0.324 e. The molecule has 2 N–H and O–H groups in total. The fraction of sp³-hybridized carbons (Fsp3) is 0.308. The smallest absolute Gasteiger partial charge is 0.238 e. The van der Waals surface area contributed by atoms with E-state index in [1.807, 2.05) is 20.0 Å². The molecule has 0 saturated heterocycles. The molecule has 2 aromatic rings. The molecule has 0 radical (unpaired) electrons. The zero-order valence-corrected chi connectivity index (χ0v) is 11.1. The summed E-state index contributed by atoms with van der Waals surface area (Å²) in [5.41, 5.74) is 2.38.